The van der Waals surface area contributed by atoms with Gasteiger partial charge in [0.15, 0.2) is 0 Å². The van der Waals surface area contributed by atoms with Crippen LogP contribution in [0.4, 0.5) is 5.69 Å². The van der Waals surface area contributed by atoms with Gasteiger partial charge in [-0.2, -0.15) is 0 Å². The molecule has 0 aliphatic heterocycles. The molecule has 2 aromatic carbocycles. The van der Waals surface area contributed by atoms with Gasteiger partial charge in [0.1, 0.15) is 5.75 Å². The van der Waals surface area contributed by atoms with E-state index >= 15 is 0 Å². The fourth-order valence-electron chi connectivity index (χ4n) is 2.78. The minimum atomic E-state index is 0.109. The summed E-state index contributed by atoms with van der Waals surface area (Å²) < 4.78 is 6.29. The molecular weight excluding hydrogens is 316 g/mol. The van der Waals surface area contributed by atoms with Gasteiger partial charge in [0, 0.05) is 22.3 Å². The number of ether oxygens (including phenoxy) is 1. The molecule has 0 amide bonds. The Morgan fingerprint density at radius 3 is 2.70 bits per heavy atom. The second-order valence-electron chi connectivity index (χ2n) is 5.05. The molecule has 104 valence electrons. The second-order valence-corrected chi connectivity index (χ2v) is 5.96. The van der Waals surface area contributed by atoms with E-state index in [4.69, 9.17) is 10.5 Å². The summed E-state index contributed by atoms with van der Waals surface area (Å²) in [5.74, 6) is 0.831. The molecule has 3 rings (SSSR count). The number of fused-ring (bicyclic) bond motifs is 1. The van der Waals surface area contributed by atoms with Crippen LogP contribution in [0.3, 0.4) is 0 Å². The standard InChI is InChI=1S/C16H17BrN2O/c1-20-12-7-10(17)6-11(8-12)19-16-9-15(18)13-4-2-3-5-14(13)16/h2-8,15-16,19H,9,18H2,1H3. The predicted molar refractivity (Wildman–Crippen MR) is 85.0 cm³/mol. The van der Waals surface area contributed by atoms with Crippen molar-refractivity contribution in [2.75, 3.05) is 12.4 Å². The van der Waals surface area contributed by atoms with Crippen LogP contribution < -0.4 is 15.8 Å². The Bertz CT molecular complexity index is 630. The number of hydrogen-bond donors (Lipinski definition) is 2. The smallest absolute Gasteiger partial charge is 0.122 e. The molecule has 1 aliphatic rings. The quantitative estimate of drug-likeness (QED) is 0.892. The summed E-state index contributed by atoms with van der Waals surface area (Å²) in [5, 5.41) is 3.55. The number of halogens is 1. The van der Waals surface area contributed by atoms with Crippen molar-refractivity contribution in [3.05, 3.63) is 58.1 Å². The molecule has 2 aromatic rings. The van der Waals surface area contributed by atoms with Crippen molar-refractivity contribution >= 4 is 21.6 Å². The van der Waals surface area contributed by atoms with Gasteiger partial charge in [0.25, 0.3) is 0 Å². The molecule has 0 radical (unpaired) electrons. The van der Waals surface area contributed by atoms with Crippen LogP contribution in [0.1, 0.15) is 29.6 Å². The van der Waals surface area contributed by atoms with Crippen LogP contribution in [0, 0.1) is 0 Å². The molecule has 0 spiro atoms. The molecule has 4 heteroatoms. The zero-order valence-corrected chi connectivity index (χ0v) is 12.9. The van der Waals surface area contributed by atoms with E-state index in [1.807, 2.05) is 18.2 Å². The molecular formula is C16H17BrN2O. The molecule has 0 saturated carbocycles. The third-order valence-corrected chi connectivity index (χ3v) is 4.17. The third kappa shape index (κ3) is 2.53. The highest BCUT2D eigenvalue weighted by Crippen LogP contribution is 2.39. The summed E-state index contributed by atoms with van der Waals surface area (Å²) in [6.07, 6.45) is 0.911. The van der Waals surface area contributed by atoms with Crippen LogP contribution in [-0.2, 0) is 0 Å². The van der Waals surface area contributed by atoms with Crippen LogP contribution in [0.2, 0.25) is 0 Å². The number of methoxy groups -OCH3 is 1. The van der Waals surface area contributed by atoms with Gasteiger partial charge in [-0.15, -0.1) is 0 Å². The van der Waals surface area contributed by atoms with E-state index in [1.165, 1.54) is 11.1 Å². The van der Waals surface area contributed by atoms with Crippen LogP contribution in [0.15, 0.2) is 46.9 Å². The van der Waals surface area contributed by atoms with Crippen molar-refractivity contribution in [1.82, 2.24) is 0 Å². The van der Waals surface area contributed by atoms with Gasteiger partial charge >= 0.3 is 0 Å². The van der Waals surface area contributed by atoms with Gasteiger partial charge in [0.2, 0.25) is 0 Å². The lowest BCUT2D eigenvalue weighted by Gasteiger charge is -2.16. The Labute approximate surface area is 127 Å². The fourth-order valence-corrected chi connectivity index (χ4v) is 3.25. The van der Waals surface area contributed by atoms with E-state index in [1.54, 1.807) is 7.11 Å². The highest BCUT2D eigenvalue weighted by Gasteiger charge is 2.28. The summed E-state index contributed by atoms with van der Waals surface area (Å²) in [4.78, 5) is 0. The predicted octanol–water partition coefficient (Wildman–Crippen LogP) is 4.01. The van der Waals surface area contributed by atoms with E-state index in [-0.39, 0.29) is 12.1 Å². The molecule has 0 fully saturated rings. The summed E-state index contributed by atoms with van der Waals surface area (Å²) in [7, 11) is 1.67. The summed E-state index contributed by atoms with van der Waals surface area (Å²) >= 11 is 3.50. The third-order valence-electron chi connectivity index (χ3n) is 3.71. The summed E-state index contributed by atoms with van der Waals surface area (Å²) in [6.45, 7) is 0. The first kappa shape index (κ1) is 13.5. The molecule has 0 bridgehead atoms. The van der Waals surface area contributed by atoms with E-state index in [0.29, 0.717) is 0 Å². The lowest BCUT2D eigenvalue weighted by molar-refractivity contribution is 0.414. The first-order valence-corrected chi connectivity index (χ1v) is 7.42. The highest BCUT2D eigenvalue weighted by molar-refractivity contribution is 9.10. The zero-order chi connectivity index (χ0) is 14.1. The molecule has 0 aromatic heterocycles. The van der Waals surface area contributed by atoms with E-state index < -0.39 is 0 Å². The molecule has 20 heavy (non-hydrogen) atoms. The molecule has 3 N–H and O–H groups in total. The van der Waals surface area contributed by atoms with Crippen LogP contribution in [0.25, 0.3) is 0 Å². The van der Waals surface area contributed by atoms with Gasteiger partial charge < -0.3 is 15.8 Å². The van der Waals surface area contributed by atoms with Crippen molar-refractivity contribution in [2.24, 2.45) is 5.73 Å². The number of hydrogen-bond acceptors (Lipinski definition) is 3. The number of rotatable bonds is 3. The maximum absolute atomic E-state index is 6.20. The van der Waals surface area contributed by atoms with E-state index in [0.717, 1.165) is 22.3 Å². The molecule has 2 atom stereocenters. The zero-order valence-electron chi connectivity index (χ0n) is 11.3. The average Bonchev–Trinajstić information content (AvgIpc) is 2.75. The first-order chi connectivity index (χ1) is 9.67. The Kier molecular flexibility index (Phi) is 3.68. The van der Waals surface area contributed by atoms with Crippen molar-refractivity contribution in [2.45, 2.75) is 18.5 Å². The second kappa shape index (κ2) is 5.46. The number of anilines is 1. The molecule has 0 heterocycles. The van der Waals surface area contributed by atoms with E-state index in [9.17, 15) is 0 Å². The minimum Gasteiger partial charge on any atom is -0.497 e. The Morgan fingerprint density at radius 1 is 1.20 bits per heavy atom. The average molecular weight is 333 g/mol. The van der Waals surface area contributed by atoms with Gasteiger partial charge in [-0.25, -0.2) is 0 Å². The first-order valence-electron chi connectivity index (χ1n) is 6.63. The lowest BCUT2D eigenvalue weighted by Crippen LogP contribution is -2.10. The molecule has 0 saturated heterocycles. The van der Waals surface area contributed by atoms with Crippen molar-refractivity contribution in [1.29, 1.82) is 0 Å². The normalized spacial score (nSPS) is 20.6. The number of nitrogens with two attached hydrogens (primary N) is 1. The Hall–Kier alpha value is -1.52. The van der Waals surface area contributed by atoms with Gasteiger partial charge in [-0.1, -0.05) is 40.2 Å². The van der Waals surface area contributed by atoms with Crippen molar-refractivity contribution in [3.63, 3.8) is 0 Å². The monoisotopic (exact) mass is 332 g/mol. The van der Waals surface area contributed by atoms with Crippen LogP contribution in [-0.4, -0.2) is 7.11 Å². The van der Waals surface area contributed by atoms with Crippen LogP contribution in [0.5, 0.6) is 5.75 Å². The maximum atomic E-state index is 6.20. The van der Waals surface area contributed by atoms with Crippen molar-refractivity contribution in [3.8, 4) is 5.75 Å². The number of nitrogens with one attached hydrogen (secondary N) is 1. The van der Waals surface area contributed by atoms with Gasteiger partial charge in [-0.3, -0.25) is 0 Å². The molecule has 1 aliphatic carbocycles. The van der Waals surface area contributed by atoms with Crippen LogP contribution >= 0.6 is 15.9 Å². The van der Waals surface area contributed by atoms with Gasteiger partial charge in [-0.05, 0) is 29.7 Å². The van der Waals surface area contributed by atoms with Crippen molar-refractivity contribution < 1.29 is 4.74 Å². The minimum absolute atomic E-state index is 0.109. The largest absolute Gasteiger partial charge is 0.497 e. The Morgan fingerprint density at radius 2 is 1.95 bits per heavy atom. The Balaban J connectivity index is 1.88. The highest BCUT2D eigenvalue weighted by atomic mass is 79.9. The molecule has 3 nitrogen and oxygen atoms in total. The topological polar surface area (TPSA) is 47.3 Å². The fraction of sp³-hybridized carbons (Fsp3) is 0.250. The maximum Gasteiger partial charge on any atom is 0.122 e. The number of benzene rings is 2. The van der Waals surface area contributed by atoms with E-state index in [2.05, 4.69) is 45.5 Å². The van der Waals surface area contributed by atoms with Gasteiger partial charge in [0.05, 0.1) is 13.2 Å². The molecule has 2 unspecified atom stereocenters. The summed E-state index contributed by atoms with van der Waals surface area (Å²) in [5.41, 5.74) is 9.77. The SMILES string of the molecule is COc1cc(Br)cc(NC2CC(N)c3ccccc32)c1. The summed E-state index contributed by atoms with van der Waals surface area (Å²) in [6, 6.07) is 14.7. The lowest BCUT2D eigenvalue weighted by atomic mass is 10.1.